The largest absolute Gasteiger partial charge is 0.298 e. The van der Waals surface area contributed by atoms with Crippen molar-refractivity contribution in [2.45, 2.75) is 13.3 Å². The maximum Gasteiger partial charge on any atom is 0.257 e. The van der Waals surface area contributed by atoms with E-state index >= 15 is 0 Å². The highest BCUT2D eigenvalue weighted by molar-refractivity contribution is 7.93. The zero-order valence-corrected chi connectivity index (χ0v) is 17.8. The molecule has 0 radical (unpaired) electrons. The van der Waals surface area contributed by atoms with Crippen LogP contribution in [0, 0.1) is 0 Å². The Morgan fingerprint density at radius 2 is 1.87 bits per heavy atom. The fraction of sp³-hybridized carbons (Fsp3) is 0.190. The molecule has 0 spiro atoms. The lowest BCUT2D eigenvalue weighted by Gasteiger charge is -2.17. The summed E-state index contributed by atoms with van der Waals surface area (Å²) in [6.45, 7) is 1.87. The molecule has 9 heteroatoms. The molecule has 1 fully saturated rings. The van der Waals surface area contributed by atoms with Gasteiger partial charge in [-0.05, 0) is 24.6 Å². The van der Waals surface area contributed by atoms with Crippen molar-refractivity contribution in [3.8, 4) is 11.3 Å². The Balaban J connectivity index is 1.61. The van der Waals surface area contributed by atoms with Gasteiger partial charge in [0.1, 0.15) is 0 Å². The molecule has 154 valence electrons. The summed E-state index contributed by atoms with van der Waals surface area (Å²) >= 11 is 1.12. The zero-order chi connectivity index (χ0) is 21.3. The number of nitrogens with zero attached hydrogens (tertiary/aromatic N) is 2. The Labute approximate surface area is 178 Å². The van der Waals surface area contributed by atoms with E-state index in [4.69, 9.17) is 0 Å². The number of sulfonamides is 1. The predicted molar refractivity (Wildman–Crippen MR) is 118 cm³/mol. The topological polar surface area (TPSA) is 96.4 Å². The van der Waals surface area contributed by atoms with Crippen molar-refractivity contribution >= 4 is 43.9 Å². The molecule has 7 nitrogen and oxygen atoms in total. The molecule has 3 aromatic rings. The third-order valence-corrected chi connectivity index (χ3v) is 7.65. The third kappa shape index (κ3) is 3.99. The van der Waals surface area contributed by atoms with Crippen LogP contribution in [0.2, 0.25) is 0 Å². The SMILES string of the molecule is CC(=O)c1sc(NC(=O)c2cccc(N3CCCS3(=O)=O)c2)nc1-c1ccccc1. The first-order valence-corrected chi connectivity index (χ1v) is 11.8. The predicted octanol–water partition coefficient (Wildman–Crippen LogP) is 3.80. The van der Waals surface area contributed by atoms with Crippen LogP contribution in [0.25, 0.3) is 11.3 Å². The lowest BCUT2D eigenvalue weighted by Crippen LogP contribution is -2.25. The molecule has 2 heterocycles. The second-order valence-corrected chi connectivity index (χ2v) is 9.88. The van der Waals surface area contributed by atoms with Crippen molar-refractivity contribution in [3.05, 3.63) is 65.0 Å². The fourth-order valence-electron chi connectivity index (χ4n) is 3.30. The summed E-state index contributed by atoms with van der Waals surface area (Å²) in [4.78, 5) is 29.7. The number of aromatic nitrogens is 1. The molecule has 0 aliphatic carbocycles. The number of nitrogens with one attached hydrogen (secondary N) is 1. The standard InChI is InChI=1S/C21H19N3O4S2/c1-14(25)19-18(15-7-3-2-4-8-15)22-21(29-19)23-20(26)16-9-5-10-17(13-16)24-11-6-12-30(24,27)28/h2-5,7-10,13H,6,11-12H2,1H3,(H,22,23,26). The highest BCUT2D eigenvalue weighted by Crippen LogP contribution is 2.32. The van der Waals surface area contributed by atoms with Crippen molar-refractivity contribution in [3.63, 3.8) is 0 Å². The summed E-state index contributed by atoms with van der Waals surface area (Å²) in [5.41, 5.74) is 2.10. The molecule has 1 amide bonds. The Morgan fingerprint density at radius 1 is 1.10 bits per heavy atom. The molecule has 2 aromatic carbocycles. The minimum absolute atomic E-state index is 0.110. The molecule has 0 unspecified atom stereocenters. The van der Waals surface area contributed by atoms with Crippen LogP contribution in [-0.4, -0.2) is 37.4 Å². The Kier molecular flexibility index (Phi) is 5.40. The van der Waals surface area contributed by atoms with Gasteiger partial charge < -0.3 is 0 Å². The van der Waals surface area contributed by atoms with Gasteiger partial charge in [0, 0.05) is 24.6 Å². The molecule has 4 rings (SSSR count). The molecule has 1 saturated heterocycles. The number of rotatable bonds is 5. The second-order valence-electron chi connectivity index (χ2n) is 6.87. The molecule has 1 N–H and O–H groups in total. The molecule has 30 heavy (non-hydrogen) atoms. The minimum atomic E-state index is -3.33. The number of ketones is 1. The van der Waals surface area contributed by atoms with Gasteiger partial charge in [0.2, 0.25) is 10.0 Å². The van der Waals surface area contributed by atoms with E-state index in [1.165, 1.54) is 11.2 Å². The summed E-state index contributed by atoms with van der Waals surface area (Å²) in [5, 5.41) is 3.04. The Morgan fingerprint density at radius 3 is 2.53 bits per heavy atom. The van der Waals surface area contributed by atoms with E-state index in [0.29, 0.717) is 39.9 Å². The molecule has 0 bridgehead atoms. The average molecular weight is 442 g/mol. The average Bonchev–Trinajstić information content (AvgIpc) is 3.31. The first-order chi connectivity index (χ1) is 14.3. The number of carbonyl (C=O) groups excluding carboxylic acids is 2. The van der Waals surface area contributed by atoms with Crippen LogP contribution < -0.4 is 9.62 Å². The van der Waals surface area contributed by atoms with Crippen molar-refractivity contribution in [2.24, 2.45) is 0 Å². The van der Waals surface area contributed by atoms with Crippen LogP contribution in [-0.2, 0) is 10.0 Å². The smallest absolute Gasteiger partial charge is 0.257 e. The summed E-state index contributed by atoms with van der Waals surface area (Å²) in [5.74, 6) is -0.441. The number of hydrogen-bond acceptors (Lipinski definition) is 6. The van der Waals surface area contributed by atoms with Gasteiger partial charge in [0.05, 0.1) is 22.0 Å². The zero-order valence-electron chi connectivity index (χ0n) is 16.2. The van der Waals surface area contributed by atoms with Gasteiger partial charge in [0.15, 0.2) is 10.9 Å². The van der Waals surface area contributed by atoms with Gasteiger partial charge in [-0.15, -0.1) is 0 Å². The molecule has 1 aliphatic heterocycles. The highest BCUT2D eigenvalue weighted by Gasteiger charge is 2.28. The number of Topliss-reactive ketones (excluding diaryl/α,β-unsaturated/α-hetero) is 1. The summed E-state index contributed by atoms with van der Waals surface area (Å²) < 4.78 is 25.6. The third-order valence-electron chi connectivity index (χ3n) is 4.71. The molecule has 0 saturated carbocycles. The normalized spacial score (nSPS) is 15.2. The Hall–Kier alpha value is -3.04. The molecule has 0 atom stereocenters. The van der Waals surface area contributed by atoms with Crippen molar-refractivity contribution in [1.29, 1.82) is 0 Å². The summed E-state index contributed by atoms with van der Waals surface area (Å²) in [7, 11) is -3.33. The number of anilines is 2. The molecule has 1 aromatic heterocycles. The van der Waals surface area contributed by atoms with E-state index in [0.717, 1.165) is 16.9 Å². The molecular formula is C21H19N3O4S2. The van der Waals surface area contributed by atoms with Gasteiger partial charge in [-0.3, -0.25) is 19.2 Å². The molecular weight excluding hydrogens is 422 g/mol. The van der Waals surface area contributed by atoms with Crippen LogP contribution in [0.3, 0.4) is 0 Å². The number of thiazole rings is 1. The second kappa shape index (κ2) is 8.00. The van der Waals surface area contributed by atoms with Crippen LogP contribution in [0.1, 0.15) is 33.4 Å². The number of hydrogen-bond donors (Lipinski definition) is 1. The molecule has 1 aliphatic rings. The van der Waals surface area contributed by atoms with E-state index in [-0.39, 0.29) is 11.5 Å². The van der Waals surface area contributed by atoms with E-state index in [9.17, 15) is 18.0 Å². The first-order valence-electron chi connectivity index (χ1n) is 9.34. The maximum absolute atomic E-state index is 12.8. The van der Waals surface area contributed by atoms with Crippen LogP contribution in [0.15, 0.2) is 54.6 Å². The van der Waals surface area contributed by atoms with E-state index in [1.54, 1.807) is 24.3 Å². The van der Waals surface area contributed by atoms with Crippen molar-refractivity contribution < 1.29 is 18.0 Å². The lowest BCUT2D eigenvalue weighted by atomic mass is 10.1. The van der Waals surface area contributed by atoms with Gasteiger partial charge in [0.25, 0.3) is 5.91 Å². The monoisotopic (exact) mass is 441 g/mol. The Bertz CT molecular complexity index is 1220. The van der Waals surface area contributed by atoms with Crippen molar-refractivity contribution in [2.75, 3.05) is 21.9 Å². The van der Waals surface area contributed by atoms with E-state index in [2.05, 4.69) is 10.3 Å². The van der Waals surface area contributed by atoms with Gasteiger partial charge in [-0.2, -0.15) is 0 Å². The van der Waals surface area contributed by atoms with Crippen molar-refractivity contribution in [1.82, 2.24) is 4.98 Å². The van der Waals surface area contributed by atoms with Gasteiger partial charge in [-0.1, -0.05) is 47.7 Å². The van der Waals surface area contributed by atoms with Crippen LogP contribution in [0.5, 0.6) is 0 Å². The number of benzene rings is 2. The maximum atomic E-state index is 12.8. The summed E-state index contributed by atoms with van der Waals surface area (Å²) in [6.07, 6.45) is 0.563. The lowest BCUT2D eigenvalue weighted by molar-refractivity contribution is 0.101. The number of amides is 1. The fourth-order valence-corrected chi connectivity index (χ4v) is 5.74. The quantitative estimate of drug-likeness (QED) is 0.608. The number of carbonyl (C=O) groups is 2. The van der Waals surface area contributed by atoms with Crippen LogP contribution in [0.4, 0.5) is 10.8 Å². The summed E-state index contributed by atoms with van der Waals surface area (Å²) in [6, 6.07) is 15.8. The minimum Gasteiger partial charge on any atom is -0.298 e. The van der Waals surface area contributed by atoms with E-state index < -0.39 is 15.9 Å². The first kappa shape index (κ1) is 20.2. The highest BCUT2D eigenvalue weighted by atomic mass is 32.2. The van der Waals surface area contributed by atoms with E-state index in [1.807, 2.05) is 30.3 Å². The van der Waals surface area contributed by atoms with Crippen LogP contribution >= 0.6 is 11.3 Å². The van der Waals surface area contributed by atoms with Gasteiger partial charge >= 0.3 is 0 Å². The van der Waals surface area contributed by atoms with Gasteiger partial charge in [-0.25, -0.2) is 13.4 Å².